The van der Waals surface area contributed by atoms with E-state index in [4.69, 9.17) is 33.2 Å². The van der Waals surface area contributed by atoms with Crippen LogP contribution in [-0.2, 0) is 40.0 Å². The molecule has 0 saturated carbocycles. The third-order valence-electron chi connectivity index (χ3n) is 12.1. The minimum absolute atomic E-state index is 0.00667. The molecule has 4 atom stereocenters. The lowest BCUT2D eigenvalue weighted by Gasteiger charge is -2.42. The molecule has 6 rings (SSSR count). The number of carbonyl (C=O) groups is 2. The van der Waals surface area contributed by atoms with E-state index in [-0.39, 0.29) is 58.0 Å². The van der Waals surface area contributed by atoms with Gasteiger partial charge < -0.3 is 57.5 Å². The number of ether oxygens (including phenoxy) is 7. The van der Waals surface area contributed by atoms with Crippen LogP contribution in [0.2, 0.25) is 0 Å². The van der Waals surface area contributed by atoms with E-state index in [1.165, 1.54) is 17.0 Å². The summed E-state index contributed by atoms with van der Waals surface area (Å²) in [5.41, 5.74) is 3.38. The van der Waals surface area contributed by atoms with Gasteiger partial charge in [0.15, 0.2) is 0 Å². The second-order valence-corrected chi connectivity index (χ2v) is 17.1. The van der Waals surface area contributed by atoms with Crippen molar-refractivity contribution in [2.24, 2.45) is 0 Å². The summed E-state index contributed by atoms with van der Waals surface area (Å²) >= 11 is 0. The van der Waals surface area contributed by atoms with Crippen LogP contribution in [0.25, 0.3) is 0 Å². The van der Waals surface area contributed by atoms with E-state index < -0.39 is 40.5 Å². The van der Waals surface area contributed by atoms with Crippen LogP contribution in [0.3, 0.4) is 0 Å². The van der Waals surface area contributed by atoms with Crippen LogP contribution >= 0.6 is 0 Å². The monoisotopic (exact) mass is 969 g/mol. The molecule has 0 aromatic heterocycles. The zero-order valence-corrected chi connectivity index (χ0v) is 39.2. The number of fused-ring (bicyclic) bond motifs is 1. The Bertz CT molecular complexity index is 2090. The van der Waals surface area contributed by atoms with Crippen molar-refractivity contribution in [2.75, 3.05) is 95.8 Å². The Kier molecular flexibility index (Phi) is 20.8. The number of benzene rings is 3. The van der Waals surface area contributed by atoms with Crippen molar-refractivity contribution in [3.8, 4) is 11.5 Å². The minimum Gasteiger partial charge on any atom is -0.490 e. The first kappa shape index (κ1) is 52.0. The Labute approximate surface area is 400 Å². The van der Waals surface area contributed by atoms with Crippen LogP contribution in [0.15, 0.2) is 66.7 Å². The molecule has 2 saturated heterocycles. The second kappa shape index (κ2) is 27.6. The fourth-order valence-electron chi connectivity index (χ4n) is 8.71. The van der Waals surface area contributed by atoms with Crippen molar-refractivity contribution in [1.29, 1.82) is 0 Å². The number of methoxy groups -OCH3 is 1. The Morgan fingerprint density at radius 3 is 2.16 bits per heavy atom. The van der Waals surface area contributed by atoms with Gasteiger partial charge in [0.2, 0.25) is 0 Å². The van der Waals surface area contributed by atoms with Gasteiger partial charge >= 0.3 is 12.2 Å². The van der Waals surface area contributed by atoms with Crippen molar-refractivity contribution in [1.82, 2.24) is 4.90 Å². The van der Waals surface area contributed by atoms with E-state index in [2.05, 4.69) is 19.5 Å². The van der Waals surface area contributed by atoms with Crippen molar-refractivity contribution < 1.29 is 67.0 Å². The number of nitrogens with zero attached hydrogens (tertiary/aromatic N) is 5. The van der Waals surface area contributed by atoms with Crippen LogP contribution in [0.5, 0.6) is 11.5 Å². The summed E-state index contributed by atoms with van der Waals surface area (Å²) in [6.07, 6.45) is 2.82. The van der Waals surface area contributed by atoms with Gasteiger partial charge in [-0.1, -0.05) is 37.1 Å². The standard InChI is InChI=1S/C48H64FN5O15/c1-61-24-11-21-50-23-29-62-43-19-14-36(30-42(43)50)35-65-44-33-52(47(55)63-25-6-2-4-8-27-66-53(57)58)34-45(69-48(56)64-26-7-3-5-9-28-67-54(59)60)46(44)37-15-17-40(18-16-37)68-41-20-22-51(32-41)39-13-10-12-38(49)31-39/h10,12-19,30-31,41,44-46H,2-9,11,20-29,32-35H2,1H3. The summed E-state index contributed by atoms with van der Waals surface area (Å²) in [6, 6.07) is 19.9. The van der Waals surface area contributed by atoms with Gasteiger partial charge in [0.1, 0.15) is 36.1 Å². The molecule has 378 valence electrons. The highest BCUT2D eigenvalue weighted by molar-refractivity contribution is 5.68. The topological polar surface area (TPSA) is 213 Å². The van der Waals surface area contributed by atoms with Gasteiger partial charge in [-0.2, -0.15) is 0 Å². The number of halogens is 1. The first-order chi connectivity index (χ1) is 33.6. The van der Waals surface area contributed by atoms with Crippen molar-refractivity contribution in [2.45, 2.75) is 95.0 Å². The van der Waals surface area contributed by atoms with E-state index in [1.54, 1.807) is 13.2 Å². The number of likely N-dealkylation sites (tertiary alicyclic amines) is 1. The molecular weight excluding hydrogens is 906 g/mol. The zero-order valence-electron chi connectivity index (χ0n) is 39.2. The van der Waals surface area contributed by atoms with Crippen molar-refractivity contribution in [3.05, 3.63) is 104 Å². The van der Waals surface area contributed by atoms with Crippen LogP contribution in [0, 0.1) is 26.0 Å². The van der Waals surface area contributed by atoms with Crippen LogP contribution < -0.4 is 19.3 Å². The Morgan fingerprint density at radius 1 is 0.768 bits per heavy atom. The number of hydrogen-bond donors (Lipinski definition) is 0. The van der Waals surface area contributed by atoms with Gasteiger partial charge in [-0.05, 0) is 98.5 Å². The largest absolute Gasteiger partial charge is 0.508 e. The van der Waals surface area contributed by atoms with Gasteiger partial charge in [0.05, 0.1) is 76.9 Å². The number of carbonyl (C=O) groups excluding carboxylic acids is 2. The molecule has 0 spiro atoms. The minimum atomic E-state index is -0.945. The lowest BCUT2D eigenvalue weighted by Crippen LogP contribution is -2.55. The Morgan fingerprint density at radius 2 is 1.46 bits per heavy atom. The molecule has 0 N–H and O–H groups in total. The lowest BCUT2D eigenvalue weighted by molar-refractivity contribution is -0.757. The number of unbranched alkanes of at least 4 members (excludes halogenated alkanes) is 6. The predicted octanol–water partition coefficient (Wildman–Crippen LogP) is 7.90. The highest BCUT2D eigenvalue weighted by Crippen LogP contribution is 2.37. The van der Waals surface area contributed by atoms with Crippen LogP contribution in [0.1, 0.15) is 81.3 Å². The van der Waals surface area contributed by atoms with Gasteiger partial charge in [-0.25, -0.2) is 14.0 Å². The summed E-state index contributed by atoms with van der Waals surface area (Å²) in [5, 5.41) is 19.2. The average molecular weight is 970 g/mol. The molecule has 3 aliphatic heterocycles. The maximum Gasteiger partial charge on any atom is 0.508 e. The lowest BCUT2D eigenvalue weighted by atomic mass is 9.84. The summed E-state index contributed by atoms with van der Waals surface area (Å²) in [5.74, 6) is 0.518. The quantitative estimate of drug-likeness (QED) is 0.0293. The Hall–Kier alpha value is -6.35. The molecule has 69 heavy (non-hydrogen) atoms. The van der Waals surface area contributed by atoms with Gasteiger partial charge in [0.25, 0.3) is 10.2 Å². The van der Waals surface area contributed by atoms with Crippen molar-refractivity contribution in [3.63, 3.8) is 0 Å². The summed E-state index contributed by atoms with van der Waals surface area (Å²) in [7, 11) is 1.68. The smallest absolute Gasteiger partial charge is 0.490 e. The normalized spacial score (nSPS) is 18.7. The fourth-order valence-corrected chi connectivity index (χ4v) is 8.71. The molecule has 20 nitrogen and oxygen atoms in total. The molecule has 4 unspecified atom stereocenters. The summed E-state index contributed by atoms with van der Waals surface area (Å²) < 4.78 is 55.7. The van der Waals surface area contributed by atoms with E-state index in [0.717, 1.165) is 54.2 Å². The number of anilines is 2. The van der Waals surface area contributed by atoms with E-state index in [0.29, 0.717) is 83.4 Å². The first-order valence-electron chi connectivity index (χ1n) is 23.7. The molecule has 3 aromatic rings. The molecule has 0 aliphatic carbocycles. The van der Waals surface area contributed by atoms with Crippen molar-refractivity contribution >= 4 is 23.6 Å². The highest BCUT2D eigenvalue weighted by atomic mass is 19.1. The molecule has 3 heterocycles. The molecular formula is C48H64FN5O15. The second-order valence-electron chi connectivity index (χ2n) is 17.1. The average Bonchev–Trinajstić information content (AvgIpc) is 3.81. The van der Waals surface area contributed by atoms with Gasteiger partial charge in [-0.3, -0.25) is 0 Å². The third kappa shape index (κ3) is 17.0. The van der Waals surface area contributed by atoms with Gasteiger partial charge in [-0.15, -0.1) is 20.2 Å². The summed E-state index contributed by atoms with van der Waals surface area (Å²) in [4.78, 5) is 62.7. The number of amides is 1. The molecule has 0 bridgehead atoms. The predicted molar refractivity (Wildman–Crippen MR) is 248 cm³/mol. The highest BCUT2D eigenvalue weighted by Gasteiger charge is 2.43. The fraction of sp³-hybridized carbons (Fsp3) is 0.583. The molecule has 2 fully saturated rings. The molecule has 3 aliphatic rings. The Balaban J connectivity index is 1.18. The van der Waals surface area contributed by atoms with Crippen LogP contribution in [-0.4, -0.2) is 132 Å². The SMILES string of the molecule is COCCCN1CCOc2ccc(COC3CN(C(=O)OCCCCCCO[N+](=O)[O-])CC(OC(=O)OCCCCCCO[N+](=O)[O-])C3c3ccc(OC4CCN(c5cccc(F)c5)C4)cc3)cc21. The molecule has 21 heteroatoms. The number of piperidine rings is 1. The number of hydrogen-bond acceptors (Lipinski definition) is 17. The van der Waals surface area contributed by atoms with Gasteiger partial charge in [0, 0.05) is 38.9 Å². The molecule has 3 aromatic carbocycles. The van der Waals surface area contributed by atoms with Crippen LogP contribution in [0.4, 0.5) is 25.4 Å². The number of rotatable bonds is 28. The molecule has 0 radical (unpaired) electrons. The molecule has 1 amide bonds. The maximum atomic E-state index is 14.0. The summed E-state index contributed by atoms with van der Waals surface area (Å²) in [6.45, 7) is 4.34. The maximum absolute atomic E-state index is 14.0. The van der Waals surface area contributed by atoms with E-state index >= 15 is 0 Å². The zero-order chi connectivity index (χ0) is 48.8. The van der Waals surface area contributed by atoms with E-state index in [1.807, 2.05) is 48.5 Å². The first-order valence-corrected chi connectivity index (χ1v) is 23.7. The third-order valence-corrected chi connectivity index (χ3v) is 12.1. The van der Waals surface area contributed by atoms with E-state index in [9.17, 15) is 34.2 Å².